The highest BCUT2D eigenvalue weighted by molar-refractivity contribution is 5.67. The number of rotatable bonds is 3. The van der Waals surface area contributed by atoms with Crippen LogP contribution in [0.1, 0.15) is 26.5 Å². The van der Waals surface area contributed by atoms with E-state index in [-0.39, 0.29) is 5.56 Å². The van der Waals surface area contributed by atoms with Gasteiger partial charge in [0, 0.05) is 20.2 Å². The summed E-state index contributed by atoms with van der Waals surface area (Å²) in [7, 11) is 1.35. The van der Waals surface area contributed by atoms with Crippen LogP contribution in [-0.4, -0.2) is 46.1 Å². The van der Waals surface area contributed by atoms with Gasteiger partial charge in [-0.05, 0) is 13.3 Å². The van der Waals surface area contributed by atoms with Crippen LogP contribution in [0.4, 0.5) is 4.79 Å². The number of aliphatic hydroxyl groups excluding tert-OH is 1. The van der Waals surface area contributed by atoms with Crippen molar-refractivity contribution in [3.63, 3.8) is 0 Å². The highest BCUT2D eigenvalue weighted by Gasteiger charge is 2.46. The molecule has 9 heteroatoms. The number of hydrogen-bond acceptors (Lipinski definition) is 6. The van der Waals surface area contributed by atoms with E-state index in [9.17, 15) is 19.5 Å². The second-order valence-corrected chi connectivity index (χ2v) is 4.91. The van der Waals surface area contributed by atoms with Crippen molar-refractivity contribution in [3.8, 4) is 0 Å². The number of aliphatic hydroxyl groups is 1. The maximum Gasteiger partial charge on any atom is 0.407 e. The summed E-state index contributed by atoms with van der Waals surface area (Å²) < 4.78 is 19.4. The zero-order valence-corrected chi connectivity index (χ0v) is 12.4. The third-order valence-corrected chi connectivity index (χ3v) is 3.45. The number of aromatic nitrogens is 2. The largest absolute Gasteiger partial charge is 0.439 e. The van der Waals surface area contributed by atoms with E-state index in [0.717, 1.165) is 4.57 Å². The van der Waals surface area contributed by atoms with Gasteiger partial charge in [0.25, 0.3) is 5.56 Å². The van der Waals surface area contributed by atoms with Crippen molar-refractivity contribution in [1.29, 1.82) is 0 Å². The monoisotopic (exact) mass is 314 g/mol. The molecule has 0 aliphatic carbocycles. The summed E-state index contributed by atoms with van der Waals surface area (Å²) in [6, 6.07) is 0. The number of nitrogens with zero attached hydrogens (tertiary/aromatic N) is 1. The molecule has 0 radical (unpaired) electrons. The van der Waals surface area contributed by atoms with Gasteiger partial charge >= 0.3 is 11.8 Å². The molecule has 0 bridgehead atoms. The van der Waals surface area contributed by atoms with Gasteiger partial charge in [0.05, 0.1) is 6.10 Å². The fourth-order valence-electron chi connectivity index (χ4n) is 2.26. The molecule has 1 aliphatic rings. The molecule has 0 aromatic carbocycles. The molecule has 0 unspecified atom stereocenters. The Hall–Kier alpha value is -2.13. The first-order valence-corrected chi connectivity index (χ1v) is 6.72. The third kappa shape index (κ3) is 2.90. The van der Waals surface area contributed by atoms with Crippen molar-refractivity contribution >= 4 is 6.09 Å². The lowest BCUT2D eigenvalue weighted by Gasteiger charge is -2.22. The summed E-state index contributed by atoms with van der Waals surface area (Å²) in [6.45, 7) is 3.01. The summed E-state index contributed by atoms with van der Waals surface area (Å²) in [5.41, 5.74) is -1.05. The molecule has 1 aromatic rings. The van der Waals surface area contributed by atoms with Gasteiger partial charge in [-0.1, -0.05) is 6.92 Å². The number of aryl methyl sites for hydroxylation is 1. The Kier molecular flexibility index (Phi) is 4.25. The molecule has 22 heavy (non-hydrogen) atoms. The Labute approximate surface area is 127 Å². The minimum Gasteiger partial charge on any atom is -0.439 e. The van der Waals surface area contributed by atoms with Crippen LogP contribution in [0.25, 0.3) is 0 Å². The van der Waals surface area contributed by atoms with Gasteiger partial charge in [-0.15, -0.1) is 0 Å². The van der Waals surface area contributed by atoms with Gasteiger partial charge in [0.15, 0.2) is 12.3 Å². The maximum absolute atomic E-state index is 12.0. The Balaban J connectivity index is 2.44. The molecule has 3 N–H and O–H groups in total. The Morgan fingerprint density at radius 3 is 2.91 bits per heavy atom. The summed E-state index contributed by atoms with van der Waals surface area (Å²) >= 11 is 0. The van der Waals surface area contributed by atoms with Crippen molar-refractivity contribution in [1.82, 2.24) is 14.9 Å². The minimum atomic E-state index is -1.29. The SMILES string of the molecule is [2H][C@@H](C)[C@H]1O[C@@H](n2cc(C)c(=O)[nH]c2=O)[C@H](OC(=O)NC)[C@@H]1O. The van der Waals surface area contributed by atoms with Crippen LogP contribution in [0.5, 0.6) is 0 Å². The van der Waals surface area contributed by atoms with E-state index in [0.29, 0.717) is 0 Å². The third-order valence-electron chi connectivity index (χ3n) is 3.45. The first kappa shape index (κ1) is 14.8. The average molecular weight is 314 g/mol. The topological polar surface area (TPSA) is 123 Å². The van der Waals surface area contributed by atoms with Crippen LogP contribution in [-0.2, 0) is 9.47 Å². The van der Waals surface area contributed by atoms with E-state index in [4.69, 9.17) is 10.8 Å². The van der Waals surface area contributed by atoms with Crippen molar-refractivity contribution in [3.05, 3.63) is 32.6 Å². The maximum atomic E-state index is 12.0. The number of amides is 1. The van der Waals surface area contributed by atoms with E-state index >= 15 is 0 Å². The Morgan fingerprint density at radius 2 is 2.32 bits per heavy atom. The second kappa shape index (κ2) is 6.32. The average Bonchev–Trinajstić information content (AvgIpc) is 2.80. The molecule has 122 valence electrons. The smallest absolute Gasteiger partial charge is 0.407 e. The van der Waals surface area contributed by atoms with Gasteiger partial charge in [-0.25, -0.2) is 9.59 Å². The fourth-order valence-corrected chi connectivity index (χ4v) is 2.26. The fraction of sp³-hybridized carbons (Fsp3) is 0.615. The number of nitrogens with one attached hydrogen (secondary N) is 2. The lowest BCUT2D eigenvalue weighted by Crippen LogP contribution is -2.42. The number of H-pyrrole nitrogens is 1. The van der Waals surface area contributed by atoms with Crippen LogP contribution in [0.3, 0.4) is 0 Å². The summed E-state index contributed by atoms with van der Waals surface area (Å²) in [6.07, 6.45) is -4.95. The standard InChI is InChI=1S/C13H19N3O6/c1-4-7-8(17)9(22-13(20)14-3)11(21-7)16-5-6(2)10(18)15-12(16)19/h5,7-9,11,17H,4H2,1-3H3,(H,14,20)(H,15,18,19)/t7-,8-,9-,11-/m1/s1/i4D/t4-,7+,8+,9+,11+/m0. The predicted molar refractivity (Wildman–Crippen MR) is 75.6 cm³/mol. The lowest BCUT2D eigenvalue weighted by atomic mass is 10.1. The first-order chi connectivity index (χ1) is 10.8. The van der Waals surface area contributed by atoms with E-state index in [1.807, 2.05) is 0 Å². The van der Waals surface area contributed by atoms with Gasteiger partial charge in [-0.2, -0.15) is 0 Å². The number of alkyl carbamates (subject to hydrolysis) is 1. The zero-order valence-electron chi connectivity index (χ0n) is 13.4. The molecule has 1 aromatic heterocycles. The molecule has 0 saturated carbocycles. The molecule has 2 rings (SSSR count). The zero-order chi connectivity index (χ0) is 17.3. The number of carbonyl (C=O) groups is 1. The highest BCUT2D eigenvalue weighted by Crippen LogP contribution is 2.32. The van der Waals surface area contributed by atoms with Crippen molar-refractivity contribution in [2.75, 3.05) is 7.05 Å². The number of carbonyl (C=O) groups excluding carboxylic acids is 1. The molecule has 1 fully saturated rings. The van der Waals surface area contributed by atoms with Gasteiger partial charge < -0.3 is 19.9 Å². The van der Waals surface area contributed by atoms with Crippen molar-refractivity contribution < 1.29 is 20.7 Å². The Morgan fingerprint density at radius 1 is 1.64 bits per heavy atom. The molecule has 9 nitrogen and oxygen atoms in total. The number of ether oxygens (including phenoxy) is 2. The predicted octanol–water partition coefficient (Wildman–Crippen LogP) is -0.762. The molecule has 0 spiro atoms. The lowest BCUT2D eigenvalue weighted by molar-refractivity contribution is -0.0447. The van der Waals surface area contributed by atoms with Crippen molar-refractivity contribution in [2.24, 2.45) is 0 Å². The van der Waals surface area contributed by atoms with E-state index in [2.05, 4.69) is 10.3 Å². The van der Waals surface area contributed by atoms with E-state index in [1.54, 1.807) is 0 Å². The van der Waals surface area contributed by atoms with Gasteiger partial charge in [0.1, 0.15) is 6.10 Å². The quantitative estimate of drug-likeness (QED) is 0.674. The van der Waals surface area contributed by atoms with Gasteiger partial charge in [0.2, 0.25) is 0 Å². The number of hydrogen-bond donors (Lipinski definition) is 3. The molecular formula is C13H19N3O6. The molecule has 2 heterocycles. The molecule has 1 saturated heterocycles. The summed E-state index contributed by atoms with van der Waals surface area (Å²) in [5.74, 6) is 0. The Bertz CT molecular complexity index is 700. The van der Waals surface area contributed by atoms with Crippen LogP contribution in [0, 0.1) is 6.92 Å². The normalized spacial score (nSPS) is 29.7. The second-order valence-electron chi connectivity index (χ2n) is 4.91. The minimum absolute atomic E-state index is 0.253. The van der Waals surface area contributed by atoms with E-state index < -0.39 is 48.3 Å². The summed E-state index contributed by atoms with van der Waals surface area (Å²) in [5, 5.41) is 12.5. The highest BCUT2D eigenvalue weighted by atomic mass is 16.6. The van der Waals surface area contributed by atoms with Gasteiger partial charge in [-0.3, -0.25) is 14.3 Å². The van der Waals surface area contributed by atoms with Crippen LogP contribution >= 0.6 is 0 Å². The first-order valence-electron chi connectivity index (χ1n) is 7.30. The van der Waals surface area contributed by atoms with Crippen LogP contribution < -0.4 is 16.6 Å². The van der Waals surface area contributed by atoms with Crippen LogP contribution in [0.2, 0.25) is 0 Å². The number of aromatic amines is 1. The van der Waals surface area contributed by atoms with Crippen molar-refractivity contribution in [2.45, 2.75) is 44.8 Å². The van der Waals surface area contributed by atoms with E-state index in [1.165, 1.54) is 27.1 Å². The molecular weight excluding hydrogens is 294 g/mol. The molecule has 1 amide bonds. The van der Waals surface area contributed by atoms with Crippen LogP contribution in [0.15, 0.2) is 15.8 Å². The molecule has 1 aliphatic heterocycles. The summed E-state index contributed by atoms with van der Waals surface area (Å²) in [4.78, 5) is 37.1. The molecule has 5 atom stereocenters.